The summed E-state index contributed by atoms with van der Waals surface area (Å²) in [7, 11) is 0. The van der Waals surface area contributed by atoms with Crippen LogP contribution >= 0.6 is 0 Å². The predicted molar refractivity (Wildman–Crippen MR) is 107 cm³/mol. The van der Waals surface area contributed by atoms with E-state index in [9.17, 15) is 27.2 Å². The second-order valence-electron chi connectivity index (χ2n) is 9.04. The third-order valence-corrected chi connectivity index (χ3v) is 6.84. The molecule has 9 heteroatoms. The van der Waals surface area contributed by atoms with Crippen LogP contribution in [0.15, 0.2) is 23.1 Å². The monoisotopic (exact) mass is 439 g/mol. The first-order valence-corrected chi connectivity index (χ1v) is 10.6. The van der Waals surface area contributed by atoms with Gasteiger partial charge >= 0.3 is 0 Å². The van der Waals surface area contributed by atoms with Crippen LogP contribution in [0.4, 0.5) is 17.6 Å². The van der Waals surface area contributed by atoms with E-state index in [1.165, 1.54) is 18.3 Å². The van der Waals surface area contributed by atoms with Crippen LogP contribution in [0.5, 0.6) is 0 Å². The zero-order valence-electron chi connectivity index (χ0n) is 17.0. The highest BCUT2D eigenvalue weighted by atomic mass is 19.3. The van der Waals surface area contributed by atoms with Gasteiger partial charge in [-0.15, -0.1) is 0 Å². The van der Waals surface area contributed by atoms with Crippen LogP contribution in [0.3, 0.4) is 0 Å². The molecule has 2 saturated carbocycles. The molecule has 2 atom stereocenters. The van der Waals surface area contributed by atoms with Gasteiger partial charge in [0.05, 0.1) is 10.9 Å². The Kier molecular flexibility index (Phi) is 5.55. The van der Waals surface area contributed by atoms with E-state index < -0.39 is 35.5 Å². The van der Waals surface area contributed by atoms with Gasteiger partial charge in [-0.25, -0.2) is 17.6 Å². The first-order chi connectivity index (χ1) is 14.5. The molecule has 0 radical (unpaired) electrons. The van der Waals surface area contributed by atoms with E-state index in [1.807, 2.05) is 0 Å². The van der Waals surface area contributed by atoms with Crippen molar-refractivity contribution < 1.29 is 22.4 Å². The van der Waals surface area contributed by atoms with Crippen LogP contribution < -0.4 is 11.2 Å². The predicted octanol–water partition coefficient (Wildman–Crippen LogP) is 4.76. The van der Waals surface area contributed by atoms with E-state index in [4.69, 9.17) is 5.73 Å². The highest BCUT2D eigenvalue weighted by molar-refractivity contribution is 6.03. The number of fused-ring (bicyclic) bond motifs is 1. The number of pyridine rings is 2. The summed E-state index contributed by atoms with van der Waals surface area (Å²) in [5.74, 6) is -7.01. The van der Waals surface area contributed by atoms with Gasteiger partial charge in [0.25, 0.3) is 5.91 Å². The van der Waals surface area contributed by atoms with E-state index in [1.54, 1.807) is 0 Å². The van der Waals surface area contributed by atoms with Crippen molar-refractivity contribution in [1.82, 2.24) is 9.97 Å². The lowest BCUT2D eigenvalue weighted by Crippen LogP contribution is -2.34. The van der Waals surface area contributed by atoms with E-state index in [2.05, 4.69) is 9.97 Å². The van der Waals surface area contributed by atoms with Gasteiger partial charge in [-0.1, -0.05) is 0 Å². The van der Waals surface area contributed by atoms with Crippen LogP contribution in [0.2, 0.25) is 0 Å². The molecular formula is C22H25F4N3O2. The molecule has 4 rings (SSSR count). The number of aromatic amines is 1. The number of hydrogen-bond donors (Lipinski definition) is 2. The molecule has 2 heterocycles. The van der Waals surface area contributed by atoms with Crippen molar-refractivity contribution in [2.75, 3.05) is 0 Å². The fraction of sp³-hybridized carbons (Fsp3) is 0.591. The number of nitrogens with two attached hydrogens (primary N) is 1. The summed E-state index contributed by atoms with van der Waals surface area (Å²) in [5.41, 5.74) is 5.33. The maximum absolute atomic E-state index is 14.3. The van der Waals surface area contributed by atoms with Crippen LogP contribution in [0, 0.1) is 11.8 Å². The molecule has 0 spiro atoms. The molecule has 3 N–H and O–H groups in total. The summed E-state index contributed by atoms with van der Waals surface area (Å²) in [6.45, 7) is 0. The Labute approximate surface area is 176 Å². The van der Waals surface area contributed by atoms with Crippen molar-refractivity contribution in [1.29, 1.82) is 0 Å². The molecule has 31 heavy (non-hydrogen) atoms. The number of aromatic nitrogens is 2. The maximum Gasteiger partial charge on any atom is 0.268 e. The van der Waals surface area contributed by atoms with Crippen molar-refractivity contribution in [3.05, 3.63) is 39.9 Å². The SMILES string of the molecule is NC(=O)c1nccc2[nH]c(C3CC(F)(F)CCC3CC3CCC(F)(F)CC3)cc(=O)c12. The van der Waals surface area contributed by atoms with Crippen LogP contribution in [0.1, 0.15) is 73.5 Å². The fourth-order valence-corrected chi connectivity index (χ4v) is 5.20. The van der Waals surface area contributed by atoms with Crippen molar-refractivity contribution in [3.8, 4) is 0 Å². The summed E-state index contributed by atoms with van der Waals surface area (Å²) < 4.78 is 55.6. The van der Waals surface area contributed by atoms with E-state index in [-0.39, 0.29) is 48.6 Å². The largest absolute Gasteiger partial charge is 0.364 e. The molecule has 1 amide bonds. The molecule has 2 aromatic rings. The molecule has 2 aliphatic carbocycles. The van der Waals surface area contributed by atoms with Gasteiger partial charge < -0.3 is 10.7 Å². The van der Waals surface area contributed by atoms with E-state index in [0.29, 0.717) is 30.5 Å². The normalized spacial score (nSPS) is 26.1. The quantitative estimate of drug-likeness (QED) is 0.674. The molecule has 2 aromatic heterocycles. The Morgan fingerprint density at radius 2 is 1.81 bits per heavy atom. The summed E-state index contributed by atoms with van der Waals surface area (Å²) in [4.78, 5) is 31.3. The van der Waals surface area contributed by atoms with Gasteiger partial charge in [-0.05, 0) is 43.6 Å². The molecule has 0 bridgehead atoms. The number of carbonyl (C=O) groups excluding carboxylic acids is 1. The smallest absolute Gasteiger partial charge is 0.268 e. The van der Waals surface area contributed by atoms with Crippen molar-refractivity contribution in [2.24, 2.45) is 17.6 Å². The molecule has 2 unspecified atom stereocenters. The lowest BCUT2D eigenvalue weighted by atomic mass is 9.69. The van der Waals surface area contributed by atoms with Crippen LogP contribution in [-0.4, -0.2) is 27.7 Å². The van der Waals surface area contributed by atoms with Crippen molar-refractivity contribution >= 4 is 16.8 Å². The van der Waals surface area contributed by atoms with Gasteiger partial charge in [0.2, 0.25) is 11.8 Å². The van der Waals surface area contributed by atoms with Gasteiger partial charge in [-0.2, -0.15) is 0 Å². The summed E-state index contributed by atoms with van der Waals surface area (Å²) in [6, 6.07) is 2.76. The Hall–Kier alpha value is -2.45. The number of carbonyl (C=O) groups is 1. The molecule has 0 aromatic carbocycles. The van der Waals surface area contributed by atoms with Crippen LogP contribution in [-0.2, 0) is 0 Å². The molecule has 2 aliphatic rings. The average Bonchev–Trinajstić information content (AvgIpc) is 2.70. The van der Waals surface area contributed by atoms with Crippen LogP contribution in [0.25, 0.3) is 10.9 Å². The number of amides is 1. The minimum atomic E-state index is -2.86. The number of hydrogen-bond acceptors (Lipinski definition) is 3. The zero-order valence-corrected chi connectivity index (χ0v) is 17.0. The molecule has 0 aliphatic heterocycles. The van der Waals surface area contributed by atoms with Gasteiger partial charge in [0.15, 0.2) is 5.43 Å². The minimum Gasteiger partial charge on any atom is -0.364 e. The molecule has 168 valence electrons. The average molecular weight is 439 g/mol. The Balaban J connectivity index is 1.66. The molecular weight excluding hydrogens is 414 g/mol. The van der Waals surface area contributed by atoms with E-state index in [0.717, 1.165) is 0 Å². The zero-order chi connectivity index (χ0) is 22.4. The first-order valence-electron chi connectivity index (χ1n) is 10.6. The van der Waals surface area contributed by atoms with Gasteiger partial charge in [0, 0.05) is 49.6 Å². The summed E-state index contributed by atoms with van der Waals surface area (Å²) in [6.07, 6.45) is 1.97. The molecule has 0 saturated heterocycles. The topological polar surface area (TPSA) is 88.8 Å². The second-order valence-corrected chi connectivity index (χ2v) is 9.04. The minimum absolute atomic E-state index is 0.0346. The van der Waals surface area contributed by atoms with Gasteiger partial charge in [0.1, 0.15) is 5.69 Å². The summed E-state index contributed by atoms with van der Waals surface area (Å²) >= 11 is 0. The number of nitrogens with zero attached hydrogens (tertiary/aromatic N) is 1. The molecule has 2 fully saturated rings. The maximum atomic E-state index is 14.3. The van der Waals surface area contributed by atoms with Crippen molar-refractivity contribution in [2.45, 2.75) is 69.1 Å². The first kappa shape index (κ1) is 21.8. The number of H-pyrrole nitrogens is 1. The number of alkyl halides is 4. The lowest BCUT2D eigenvalue weighted by molar-refractivity contribution is -0.0661. The second kappa shape index (κ2) is 7.91. The third kappa shape index (κ3) is 4.60. The number of halogens is 4. The fourth-order valence-electron chi connectivity index (χ4n) is 5.20. The standard InChI is InChI=1S/C22H25F4N3O2/c23-21(24)5-1-12(2-6-21)9-13-3-7-22(25,26)11-14(13)16-10-17(30)18-15(29-16)4-8-28-19(18)20(27)31/h4,8,10,12-14H,1-3,5-7,9,11H2,(H2,27,31)(H,29,30). The molecule has 5 nitrogen and oxygen atoms in total. The third-order valence-electron chi connectivity index (χ3n) is 6.84. The Bertz CT molecular complexity index is 1040. The summed E-state index contributed by atoms with van der Waals surface area (Å²) in [5, 5.41) is 0.0346. The Morgan fingerprint density at radius 3 is 2.48 bits per heavy atom. The highest BCUT2D eigenvalue weighted by Crippen LogP contribution is 2.49. The number of rotatable bonds is 4. The lowest BCUT2D eigenvalue weighted by Gasteiger charge is -2.39. The number of primary amides is 1. The van der Waals surface area contributed by atoms with Gasteiger partial charge in [-0.3, -0.25) is 14.6 Å². The highest BCUT2D eigenvalue weighted by Gasteiger charge is 2.44. The van der Waals surface area contributed by atoms with Crippen molar-refractivity contribution in [3.63, 3.8) is 0 Å². The Morgan fingerprint density at radius 1 is 1.13 bits per heavy atom. The van der Waals surface area contributed by atoms with E-state index >= 15 is 0 Å². The number of nitrogens with one attached hydrogen (secondary N) is 1.